The van der Waals surface area contributed by atoms with Gasteiger partial charge in [0, 0.05) is 13.1 Å². The predicted molar refractivity (Wildman–Crippen MR) is 68.8 cm³/mol. The van der Waals surface area contributed by atoms with E-state index in [1.807, 2.05) is 13.0 Å². The van der Waals surface area contributed by atoms with E-state index in [1.165, 1.54) is 0 Å². The van der Waals surface area contributed by atoms with Crippen molar-refractivity contribution in [3.8, 4) is 5.88 Å². The van der Waals surface area contributed by atoms with Crippen LogP contribution in [0.1, 0.15) is 6.92 Å². The molecule has 0 spiro atoms. The second kappa shape index (κ2) is 5.41. The summed E-state index contributed by atoms with van der Waals surface area (Å²) in [6, 6.07) is 3.62. The van der Waals surface area contributed by atoms with Crippen molar-refractivity contribution in [2.45, 2.75) is 19.1 Å². The van der Waals surface area contributed by atoms with Gasteiger partial charge in [-0.3, -0.25) is 0 Å². The van der Waals surface area contributed by atoms with Crippen molar-refractivity contribution < 1.29 is 14.6 Å². The molecule has 1 aliphatic heterocycles. The molecule has 3 N–H and O–H groups in total. The van der Waals surface area contributed by atoms with Crippen LogP contribution >= 0.6 is 0 Å². The highest BCUT2D eigenvalue weighted by atomic mass is 16.5. The van der Waals surface area contributed by atoms with Crippen molar-refractivity contribution in [2.75, 3.05) is 37.4 Å². The molecule has 2 unspecified atom stereocenters. The van der Waals surface area contributed by atoms with Crippen molar-refractivity contribution in [3.05, 3.63) is 12.1 Å². The Kier molecular flexibility index (Phi) is 3.88. The molecule has 2 rings (SSSR count). The SMILES string of the molecule is COc1nc(N2CC(C)OC(CO)C2)ccc1N. The van der Waals surface area contributed by atoms with Crippen LogP contribution in [0.15, 0.2) is 12.1 Å². The number of methoxy groups -OCH3 is 1. The summed E-state index contributed by atoms with van der Waals surface area (Å²) < 4.78 is 10.7. The highest BCUT2D eigenvalue weighted by Gasteiger charge is 2.25. The zero-order chi connectivity index (χ0) is 13.1. The van der Waals surface area contributed by atoms with Crippen molar-refractivity contribution >= 4 is 11.5 Å². The Morgan fingerprint density at radius 2 is 2.33 bits per heavy atom. The van der Waals surface area contributed by atoms with Gasteiger partial charge in [-0.05, 0) is 19.1 Å². The van der Waals surface area contributed by atoms with Crippen LogP contribution in [0.25, 0.3) is 0 Å². The van der Waals surface area contributed by atoms with Crippen molar-refractivity contribution in [1.29, 1.82) is 0 Å². The Morgan fingerprint density at radius 3 is 3.00 bits per heavy atom. The third-order valence-corrected chi connectivity index (χ3v) is 2.92. The summed E-state index contributed by atoms with van der Waals surface area (Å²) in [5.74, 6) is 1.21. The van der Waals surface area contributed by atoms with Gasteiger partial charge in [0.2, 0.25) is 5.88 Å². The number of aliphatic hydroxyl groups is 1. The minimum atomic E-state index is -0.181. The Bertz CT molecular complexity index is 414. The minimum absolute atomic E-state index is 0.00689. The largest absolute Gasteiger partial charge is 0.479 e. The van der Waals surface area contributed by atoms with E-state index in [0.29, 0.717) is 18.1 Å². The standard InChI is InChI=1S/C12H19N3O3/c1-8-5-15(6-9(7-16)18-8)11-4-3-10(13)12(14-11)17-2/h3-4,8-9,16H,5-7,13H2,1-2H3. The maximum absolute atomic E-state index is 9.20. The summed E-state index contributed by atoms with van der Waals surface area (Å²) in [5, 5.41) is 9.20. The maximum Gasteiger partial charge on any atom is 0.238 e. The van der Waals surface area contributed by atoms with Gasteiger partial charge in [-0.1, -0.05) is 0 Å². The van der Waals surface area contributed by atoms with Gasteiger partial charge >= 0.3 is 0 Å². The smallest absolute Gasteiger partial charge is 0.238 e. The molecule has 6 nitrogen and oxygen atoms in total. The molecule has 1 saturated heterocycles. The van der Waals surface area contributed by atoms with E-state index < -0.39 is 0 Å². The molecule has 2 atom stereocenters. The average molecular weight is 253 g/mol. The highest BCUT2D eigenvalue weighted by Crippen LogP contribution is 2.24. The second-order valence-electron chi connectivity index (χ2n) is 4.42. The fourth-order valence-corrected chi connectivity index (χ4v) is 2.11. The van der Waals surface area contributed by atoms with Crippen molar-refractivity contribution in [2.24, 2.45) is 0 Å². The van der Waals surface area contributed by atoms with E-state index in [9.17, 15) is 5.11 Å². The summed E-state index contributed by atoms with van der Waals surface area (Å²) in [7, 11) is 1.54. The molecule has 0 amide bonds. The van der Waals surface area contributed by atoms with Crippen LogP contribution in [0.2, 0.25) is 0 Å². The third-order valence-electron chi connectivity index (χ3n) is 2.92. The molecule has 0 aromatic carbocycles. The number of aliphatic hydroxyl groups excluding tert-OH is 1. The molecule has 1 aromatic heterocycles. The lowest BCUT2D eigenvalue weighted by Crippen LogP contribution is -2.48. The molecule has 6 heteroatoms. The number of nitrogens with zero attached hydrogens (tertiary/aromatic N) is 2. The fraction of sp³-hybridized carbons (Fsp3) is 0.583. The first-order chi connectivity index (χ1) is 8.63. The predicted octanol–water partition coefficient (Wildman–Crippen LogP) is 0.258. The number of hydrogen-bond donors (Lipinski definition) is 2. The lowest BCUT2D eigenvalue weighted by atomic mass is 10.2. The zero-order valence-corrected chi connectivity index (χ0v) is 10.7. The van der Waals surface area contributed by atoms with Gasteiger partial charge in [-0.2, -0.15) is 4.98 Å². The van der Waals surface area contributed by atoms with Gasteiger partial charge in [0.25, 0.3) is 0 Å². The Balaban J connectivity index is 2.19. The van der Waals surface area contributed by atoms with Crippen LogP contribution in [0.5, 0.6) is 5.88 Å². The number of anilines is 2. The van der Waals surface area contributed by atoms with Crippen LogP contribution in [0.4, 0.5) is 11.5 Å². The van der Waals surface area contributed by atoms with Crippen LogP contribution in [0.3, 0.4) is 0 Å². The van der Waals surface area contributed by atoms with Gasteiger partial charge in [0.15, 0.2) is 0 Å². The minimum Gasteiger partial charge on any atom is -0.479 e. The second-order valence-corrected chi connectivity index (χ2v) is 4.42. The van der Waals surface area contributed by atoms with E-state index in [4.69, 9.17) is 15.2 Å². The Hall–Kier alpha value is -1.53. The van der Waals surface area contributed by atoms with Crippen LogP contribution in [0, 0.1) is 0 Å². The summed E-state index contributed by atoms with van der Waals surface area (Å²) in [5.41, 5.74) is 6.25. The molecule has 18 heavy (non-hydrogen) atoms. The van der Waals surface area contributed by atoms with Gasteiger partial charge in [0.1, 0.15) is 5.82 Å². The molecule has 0 saturated carbocycles. The zero-order valence-electron chi connectivity index (χ0n) is 10.7. The Labute approximate surface area is 106 Å². The number of hydrogen-bond acceptors (Lipinski definition) is 6. The number of pyridine rings is 1. The van der Waals surface area contributed by atoms with Crippen molar-refractivity contribution in [3.63, 3.8) is 0 Å². The molecule has 0 radical (unpaired) electrons. The summed E-state index contributed by atoms with van der Waals surface area (Å²) >= 11 is 0. The van der Waals surface area contributed by atoms with E-state index in [0.717, 1.165) is 12.4 Å². The summed E-state index contributed by atoms with van der Waals surface area (Å²) in [6.07, 6.45) is -0.125. The maximum atomic E-state index is 9.20. The van der Waals surface area contributed by atoms with Crippen LogP contribution in [-0.2, 0) is 4.74 Å². The van der Waals surface area contributed by atoms with E-state index in [-0.39, 0.29) is 18.8 Å². The first kappa shape index (κ1) is 12.9. The lowest BCUT2D eigenvalue weighted by Gasteiger charge is -2.36. The first-order valence-corrected chi connectivity index (χ1v) is 5.95. The first-order valence-electron chi connectivity index (χ1n) is 5.95. The molecule has 1 aliphatic rings. The number of rotatable bonds is 3. The molecule has 0 aliphatic carbocycles. The molecule has 1 fully saturated rings. The van der Waals surface area contributed by atoms with E-state index in [2.05, 4.69) is 9.88 Å². The van der Waals surface area contributed by atoms with Crippen molar-refractivity contribution in [1.82, 2.24) is 4.98 Å². The lowest BCUT2D eigenvalue weighted by molar-refractivity contribution is -0.0423. The normalized spacial score (nSPS) is 24.1. The summed E-state index contributed by atoms with van der Waals surface area (Å²) in [6.45, 7) is 3.33. The summed E-state index contributed by atoms with van der Waals surface area (Å²) in [4.78, 5) is 6.43. The molecular weight excluding hydrogens is 234 g/mol. The molecule has 2 heterocycles. The van der Waals surface area contributed by atoms with E-state index >= 15 is 0 Å². The van der Waals surface area contributed by atoms with Gasteiger partial charge in [-0.15, -0.1) is 0 Å². The Morgan fingerprint density at radius 1 is 1.56 bits per heavy atom. The van der Waals surface area contributed by atoms with Crippen LogP contribution in [-0.4, -0.2) is 49.1 Å². The van der Waals surface area contributed by atoms with Crippen LogP contribution < -0.4 is 15.4 Å². The fourth-order valence-electron chi connectivity index (χ4n) is 2.11. The number of morpholine rings is 1. The molecular formula is C12H19N3O3. The third kappa shape index (κ3) is 2.65. The monoisotopic (exact) mass is 253 g/mol. The molecule has 1 aromatic rings. The molecule has 100 valence electrons. The van der Waals surface area contributed by atoms with Gasteiger partial charge < -0.3 is 25.2 Å². The topological polar surface area (TPSA) is 80.8 Å². The number of nitrogen functional groups attached to an aromatic ring is 1. The number of nitrogens with two attached hydrogens (primary N) is 1. The number of aromatic nitrogens is 1. The molecule has 0 bridgehead atoms. The average Bonchev–Trinajstić information content (AvgIpc) is 2.38. The number of ether oxygens (including phenoxy) is 2. The van der Waals surface area contributed by atoms with Gasteiger partial charge in [0.05, 0.1) is 31.6 Å². The van der Waals surface area contributed by atoms with Gasteiger partial charge in [-0.25, -0.2) is 0 Å². The van der Waals surface area contributed by atoms with E-state index in [1.54, 1.807) is 13.2 Å². The quantitative estimate of drug-likeness (QED) is 0.804. The highest BCUT2D eigenvalue weighted by molar-refractivity contribution is 5.54.